The van der Waals surface area contributed by atoms with Crippen LogP contribution < -0.4 is 21.5 Å². The molecule has 0 amide bonds. The van der Waals surface area contributed by atoms with E-state index in [0.717, 1.165) is 0 Å². The normalized spacial score (nSPS) is 13.0. The number of nitrogen functional groups attached to an aromatic ring is 1. The summed E-state index contributed by atoms with van der Waals surface area (Å²) in [5, 5.41) is 2.93. The molecule has 0 bridgehead atoms. The van der Waals surface area contributed by atoms with Crippen molar-refractivity contribution in [3.05, 3.63) is 82.1 Å². The fourth-order valence-electron chi connectivity index (χ4n) is 3.25. The highest BCUT2D eigenvalue weighted by atomic mass is 16.6. The largest absolute Gasteiger partial charge is 0.458 e. The molecule has 0 saturated carbocycles. The van der Waals surface area contributed by atoms with Crippen molar-refractivity contribution < 1.29 is 23.8 Å². The predicted molar refractivity (Wildman–Crippen MR) is 123 cm³/mol. The topological polar surface area (TPSA) is 149 Å². The lowest BCUT2D eigenvalue weighted by Gasteiger charge is -2.21. The second-order valence-electron chi connectivity index (χ2n) is 7.38. The number of nitrogens with two attached hydrogens (primary N) is 1. The average molecular weight is 465 g/mol. The van der Waals surface area contributed by atoms with Gasteiger partial charge in [0.2, 0.25) is 5.95 Å². The number of benzene rings is 2. The standard InChI is InChI=1S/C23H23N5O6/c24-23-26-19-18(20(29)27-23)25-13-28(19)14-32-11-17(34-22(31)16-9-5-2-6-10-16)12-33-21(30)15-7-3-1-4-8-15/h1-10,17,25H,11-14H2,(H3,24,26,27,29). The molecule has 11 heteroatoms. The Bertz CT molecular complexity index is 1200. The maximum absolute atomic E-state index is 12.5. The number of esters is 2. The fourth-order valence-corrected chi connectivity index (χ4v) is 3.25. The lowest BCUT2D eigenvalue weighted by molar-refractivity contribution is -0.0319. The van der Waals surface area contributed by atoms with Gasteiger partial charge in [0.1, 0.15) is 19.0 Å². The first kappa shape index (κ1) is 22.8. The Balaban J connectivity index is 1.38. The third kappa shape index (κ3) is 5.51. The maximum atomic E-state index is 12.5. The van der Waals surface area contributed by atoms with Gasteiger partial charge in [-0.1, -0.05) is 36.4 Å². The van der Waals surface area contributed by atoms with Crippen LogP contribution >= 0.6 is 0 Å². The number of carbonyl (C=O) groups is 2. The van der Waals surface area contributed by atoms with E-state index >= 15 is 0 Å². The molecule has 0 saturated heterocycles. The van der Waals surface area contributed by atoms with Crippen molar-refractivity contribution >= 4 is 29.4 Å². The Morgan fingerprint density at radius 3 is 2.32 bits per heavy atom. The molecule has 34 heavy (non-hydrogen) atoms. The summed E-state index contributed by atoms with van der Waals surface area (Å²) in [4.78, 5) is 45.0. The van der Waals surface area contributed by atoms with E-state index in [1.807, 2.05) is 0 Å². The molecule has 3 aromatic rings. The molecular weight excluding hydrogens is 442 g/mol. The summed E-state index contributed by atoms with van der Waals surface area (Å²) in [6.07, 6.45) is -0.868. The van der Waals surface area contributed by atoms with E-state index in [2.05, 4.69) is 15.3 Å². The molecule has 1 unspecified atom stereocenters. The zero-order valence-electron chi connectivity index (χ0n) is 18.1. The van der Waals surface area contributed by atoms with Gasteiger partial charge in [-0.3, -0.25) is 9.78 Å². The number of nitrogens with zero attached hydrogens (tertiary/aromatic N) is 2. The van der Waals surface area contributed by atoms with Crippen LogP contribution in [0.1, 0.15) is 20.7 Å². The molecule has 2 aromatic carbocycles. The lowest BCUT2D eigenvalue weighted by Crippen LogP contribution is -2.33. The minimum Gasteiger partial charge on any atom is -0.458 e. The molecule has 0 radical (unpaired) electrons. The van der Waals surface area contributed by atoms with Gasteiger partial charge < -0.3 is 30.2 Å². The predicted octanol–water partition coefficient (Wildman–Crippen LogP) is 1.60. The average Bonchev–Trinajstić information content (AvgIpc) is 3.26. The molecule has 0 fully saturated rings. The van der Waals surface area contributed by atoms with Crippen LogP contribution in [0.2, 0.25) is 0 Å². The van der Waals surface area contributed by atoms with Gasteiger partial charge in [-0.2, -0.15) is 4.98 Å². The number of carbonyl (C=O) groups excluding carboxylic acids is 2. The molecule has 1 atom stereocenters. The number of aromatic amines is 1. The van der Waals surface area contributed by atoms with Crippen LogP contribution in [0.15, 0.2) is 65.5 Å². The molecule has 0 aliphatic carbocycles. The number of hydrogen-bond donors (Lipinski definition) is 3. The van der Waals surface area contributed by atoms with Crippen LogP contribution in [0, 0.1) is 0 Å². The van der Waals surface area contributed by atoms with Gasteiger partial charge in [0.25, 0.3) is 5.56 Å². The van der Waals surface area contributed by atoms with Crippen LogP contribution in [0.4, 0.5) is 17.5 Å². The summed E-state index contributed by atoms with van der Waals surface area (Å²) < 4.78 is 16.6. The van der Waals surface area contributed by atoms with Gasteiger partial charge in [0, 0.05) is 0 Å². The molecule has 11 nitrogen and oxygen atoms in total. The van der Waals surface area contributed by atoms with Crippen molar-refractivity contribution in [2.45, 2.75) is 6.10 Å². The lowest BCUT2D eigenvalue weighted by atomic mass is 10.2. The SMILES string of the molecule is Nc1nc2c(c(=O)[nH]1)NCN2COCC(COC(=O)c1ccccc1)OC(=O)c1ccccc1. The van der Waals surface area contributed by atoms with Crippen LogP contribution in [-0.2, 0) is 14.2 Å². The third-order valence-corrected chi connectivity index (χ3v) is 4.91. The maximum Gasteiger partial charge on any atom is 0.338 e. The number of rotatable bonds is 9. The van der Waals surface area contributed by atoms with E-state index < -0.39 is 18.0 Å². The first-order valence-electron chi connectivity index (χ1n) is 10.5. The van der Waals surface area contributed by atoms with E-state index in [0.29, 0.717) is 22.6 Å². The minimum atomic E-state index is -0.868. The van der Waals surface area contributed by atoms with E-state index in [1.54, 1.807) is 65.6 Å². The van der Waals surface area contributed by atoms with E-state index in [9.17, 15) is 14.4 Å². The van der Waals surface area contributed by atoms with Gasteiger partial charge in [0.15, 0.2) is 11.9 Å². The summed E-state index contributed by atoms with van der Waals surface area (Å²) in [5.74, 6) is -0.772. The van der Waals surface area contributed by atoms with Crippen molar-refractivity contribution in [1.29, 1.82) is 0 Å². The number of anilines is 3. The Morgan fingerprint density at radius 2 is 1.65 bits per heavy atom. The monoisotopic (exact) mass is 465 g/mol. The summed E-state index contributed by atoms with van der Waals surface area (Å²) in [6.45, 7) is 0.0470. The van der Waals surface area contributed by atoms with Gasteiger partial charge in [-0.05, 0) is 24.3 Å². The Labute approximate surface area is 194 Å². The van der Waals surface area contributed by atoms with E-state index in [1.165, 1.54) is 0 Å². The second kappa shape index (κ2) is 10.5. The Kier molecular flexibility index (Phi) is 7.04. The van der Waals surface area contributed by atoms with E-state index in [4.69, 9.17) is 19.9 Å². The Hall–Kier alpha value is -4.38. The summed E-state index contributed by atoms with van der Waals surface area (Å²) in [7, 11) is 0. The molecule has 4 rings (SSSR count). The Morgan fingerprint density at radius 1 is 1.00 bits per heavy atom. The molecular formula is C23H23N5O6. The smallest absolute Gasteiger partial charge is 0.338 e. The van der Waals surface area contributed by atoms with Crippen molar-refractivity contribution in [3.8, 4) is 0 Å². The first-order valence-corrected chi connectivity index (χ1v) is 10.5. The van der Waals surface area contributed by atoms with Crippen LogP contribution in [0.25, 0.3) is 0 Å². The second-order valence-corrected chi connectivity index (χ2v) is 7.38. The summed E-state index contributed by atoms with van der Waals surface area (Å²) in [6, 6.07) is 17.0. The van der Waals surface area contributed by atoms with E-state index in [-0.39, 0.29) is 38.1 Å². The van der Waals surface area contributed by atoms with Crippen molar-refractivity contribution in [2.75, 3.05) is 42.6 Å². The highest BCUT2D eigenvalue weighted by molar-refractivity contribution is 5.90. The molecule has 176 valence electrons. The van der Waals surface area contributed by atoms with Crippen molar-refractivity contribution in [3.63, 3.8) is 0 Å². The number of ether oxygens (including phenoxy) is 3. The quantitative estimate of drug-likeness (QED) is 0.398. The van der Waals surface area contributed by atoms with Crippen LogP contribution in [0.3, 0.4) is 0 Å². The summed E-state index contributed by atoms with van der Waals surface area (Å²) in [5.41, 5.74) is 6.28. The molecule has 4 N–H and O–H groups in total. The number of hydrogen-bond acceptors (Lipinski definition) is 10. The number of aromatic nitrogens is 2. The van der Waals surface area contributed by atoms with Crippen LogP contribution in [-0.4, -0.2) is 54.6 Å². The zero-order chi connectivity index (χ0) is 23.9. The number of fused-ring (bicyclic) bond motifs is 1. The highest BCUT2D eigenvalue weighted by Crippen LogP contribution is 2.25. The van der Waals surface area contributed by atoms with Crippen molar-refractivity contribution in [1.82, 2.24) is 9.97 Å². The fraction of sp³-hybridized carbons (Fsp3) is 0.217. The third-order valence-electron chi connectivity index (χ3n) is 4.91. The van der Waals surface area contributed by atoms with Gasteiger partial charge in [-0.25, -0.2) is 9.59 Å². The van der Waals surface area contributed by atoms with Gasteiger partial charge in [-0.15, -0.1) is 0 Å². The zero-order valence-corrected chi connectivity index (χ0v) is 18.1. The van der Waals surface area contributed by atoms with Crippen LogP contribution in [0.5, 0.6) is 0 Å². The molecule has 0 spiro atoms. The first-order chi connectivity index (χ1) is 16.5. The van der Waals surface area contributed by atoms with Crippen molar-refractivity contribution in [2.24, 2.45) is 0 Å². The molecule has 1 aliphatic rings. The minimum absolute atomic E-state index is 0.0139. The number of H-pyrrole nitrogens is 1. The highest BCUT2D eigenvalue weighted by Gasteiger charge is 2.25. The molecule has 1 aliphatic heterocycles. The van der Waals surface area contributed by atoms with Gasteiger partial charge in [0.05, 0.1) is 24.4 Å². The van der Waals surface area contributed by atoms with Gasteiger partial charge >= 0.3 is 11.9 Å². The molecule has 2 heterocycles. The molecule has 1 aromatic heterocycles. The summed E-state index contributed by atoms with van der Waals surface area (Å²) >= 11 is 0. The number of nitrogens with one attached hydrogen (secondary N) is 2.